The summed E-state index contributed by atoms with van der Waals surface area (Å²) >= 11 is 0. The van der Waals surface area contributed by atoms with Crippen molar-refractivity contribution in [3.05, 3.63) is 29.8 Å². The van der Waals surface area contributed by atoms with Gasteiger partial charge in [0.2, 0.25) is 0 Å². The van der Waals surface area contributed by atoms with Crippen molar-refractivity contribution in [1.29, 1.82) is 0 Å². The number of aliphatic hydroxyl groups is 1. The van der Waals surface area contributed by atoms with Crippen LogP contribution in [0.5, 0.6) is 5.75 Å². The number of aliphatic hydroxyl groups excluding tert-OH is 1. The van der Waals surface area contributed by atoms with Gasteiger partial charge in [-0.25, -0.2) is 0 Å². The number of piperidine rings is 1. The van der Waals surface area contributed by atoms with Crippen molar-refractivity contribution in [2.45, 2.75) is 31.0 Å². The molecule has 4 atom stereocenters. The van der Waals surface area contributed by atoms with Gasteiger partial charge in [-0.1, -0.05) is 18.2 Å². The summed E-state index contributed by atoms with van der Waals surface area (Å²) in [6, 6.07) is 7.95. The van der Waals surface area contributed by atoms with Crippen LogP contribution in [0, 0.1) is 5.92 Å². The Hall–Kier alpha value is -1.06. The predicted octanol–water partition coefficient (Wildman–Crippen LogP) is 1.97. The molecule has 4 rings (SSSR count). The number of hydrogen-bond acceptors (Lipinski definition) is 3. The summed E-state index contributed by atoms with van der Waals surface area (Å²) in [6.45, 7) is 3.47. The van der Waals surface area contributed by atoms with Gasteiger partial charge in [-0.2, -0.15) is 0 Å². The summed E-state index contributed by atoms with van der Waals surface area (Å²) in [7, 11) is 0. The van der Waals surface area contributed by atoms with E-state index in [0.717, 1.165) is 37.2 Å². The van der Waals surface area contributed by atoms with Gasteiger partial charge >= 0.3 is 0 Å². The van der Waals surface area contributed by atoms with E-state index in [4.69, 9.17) is 4.74 Å². The first-order valence-corrected chi connectivity index (χ1v) is 6.95. The zero-order chi connectivity index (χ0) is 12.2. The number of fused-ring (bicyclic) bond motifs is 4. The summed E-state index contributed by atoms with van der Waals surface area (Å²) in [5, 5.41) is 10.4. The van der Waals surface area contributed by atoms with E-state index in [-0.39, 0.29) is 11.7 Å². The minimum Gasteiger partial charge on any atom is -0.486 e. The molecule has 2 saturated heterocycles. The zero-order valence-electron chi connectivity index (χ0n) is 10.5. The predicted molar refractivity (Wildman–Crippen MR) is 68.5 cm³/mol. The first-order chi connectivity index (χ1) is 8.77. The molecule has 18 heavy (non-hydrogen) atoms. The molecule has 1 N–H and O–H groups in total. The summed E-state index contributed by atoms with van der Waals surface area (Å²) in [5.41, 5.74) is 0.851. The number of hydrogen-bond donors (Lipinski definition) is 1. The van der Waals surface area contributed by atoms with Crippen molar-refractivity contribution in [1.82, 2.24) is 4.90 Å². The molecule has 0 saturated carbocycles. The second-order valence-electron chi connectivity index (χ2n) is 5.96. The van der Waals surface area contributed by atoms with Crippen LogP contribution < -0.4 is 4.74 Å². The van der Waals surface area contributed by atoms with Crippen molar-refractivity contribution in [3.63, 3.8) is 0 Å². The van der Waals surface area contributed by atoms with Crippen LogP contribution >= 0.6 is 0 Å². The third-order valence-corrected chi connectivity index (χ3v) is 5.00. The normalized spacial score (nSPS) is 41.5. The van der Waals surface area contributed by atoms with Gasteiger partial charge in [0.25, 0.3) is 0 Å². The van der Waals surface area contributed by atoms with Gasteiger partial charge in [-0.3, -0.25) is 0 Å². The van der Waals surface area contributed by atoms with Crippen molar-refractivity contribution in [2.24, 2.45) is 5.92 Å². The van der Waals surface area contributed by atoms with E-state index in [1.165, 1.54) is 13.0 Å². The number of benzene rings is 1. The molecule has 3 heteroatoms. The van der Waals surface area contributed by atoms with E-state index in [0.29, 0.717) is 5.92 Å². The highest BCUT2D eigenvalue weighted by molar-refractivity contribution is 5.38. The van der Waals surface area contributed by atoms with Crippen molar-refractivity contribution in [2.75, 3.05) is 19.6 Å². The van der Waals surface area contributed by atoms with Crippen LogP contribution in [0.4, 0.5) is 0 Å². The fraction of sp³-hybridized carbons (Fsp3) is 0.600. The van der Waals surface area contributed by atoms with Crippen LogP contribution in [0.15, 0.2) is 24.3 Å². The average molecular weight is 245 g/mol. The average Bonchev–Trinajstić information content (AvgIpc) is 2.80. The molecule has 3 heterocycles. The summed E-state index contributed by atoms with van der Waals surface area (Å²) in [5.74, 6) is 1.49. The van der Waals surface area contributed by atoms with Crippen LogP contribution in [0.3, 0.4) is 0 Å². The maximum absolute atomic E-state index is 10.4. The summed E-state index contributed by atoms with van der Waals surface area (Å²) in [6.07, 6.45) is 2.68. The number of nitrogens with zero attached hydrogens (tertiary/aromatic N) is 1. The number of rotatable bonds is 0. The quantitative estimate of drug-likeness (QED) is 0.758. The lowest BCUT2D eigenvalue weighted by Crippen LogP contribution is -2.53. The van der Waals surface area contributed by atoms with Gasteiger partial charge in [-0.15, -0.1) is 0 Å². The molecule has 0 aliphatic carbocycles. The molecule has 4 unspecified atom stereocenters. The molecule has 96 valence electrons. The molecule has 0 amide bonds. The van der Waals surface area contributed by atoms with Crippen LogP contribution in [0.1, 0.15) is 30.9 Å². The van der Waals surface area contributed by atoms with Gasteiger partial charge in [-0.05, 0) is 19.0 Å². The van der Waals surface area contributed by atoms with E-state index < -0.39 is 0 Å². The van der Waals surface area contributed by atoms with E-state index in [2.05, 4.69) is 4.90 Å². The monoisotopic (exact) mass is 245 g/mol. The Morgan fingerprint density at radius 3 is 3.11 bits per heavy atom. The van der Waals surface area contributed by atoms with E-state index in [9.17, 15) is 5.11 Å². The maximum atomic E-state index is 10.4. The Kier molecular flexibility index (Phi) is 2.24. The Balaban J connectivity index is 1.72. The lowest BCUT2D eigenvalue weighted by Gasteiger charge is -2.47. The van der Waals surface area contributed by atoms with Crippen LogP contribution in [-0.2, 0) is 0 Å². The second kappa shape index (κ2) is 3.72. The van der Waals surface area contributed by atoms with Gasteiger partial charge in [0.1, 0.15) is 11.4 Å². The van der Waals surface area contributed by atoms with Crippen LogP contribution in [0.2, 0.25) is 0 Å². The van der Waals surface area contributed by atoms with Crippen molar-refractivity contribution < 1.29 is 9.84 Å². The first-order valence-electron chi connectivity index (χ1n) is 6.95. The van der Waals surface area contributed by atoms with Gasteiger partial charge < -0.3 is 14.7 Å². The molecule has 1 spiro atoms. The third kappa shape index (κ3) is 1.44. The zero-order valence-corrected chi connectivity index (χ0v) is 10.5. The SMILES string of the molecule is OC1CC2(CCN3CCC2C3)Oc2ccccc21. The molecular formula is C15H19NO2. The maximum Gasteiger partial charge on any atom is 0.125 e. The Morgan fingerprint density at radius 2 is 2.17 bits per heavy atom. The molecular weight excluding hydrogens is 226 g/mol. The summed E-state index contributed by atoms with van der Waals surface area (Å²) in [4.78, 5) is 2.52. The number of ether oxygens (including phenoxy) is 1. The van der Waals surface area contributed by atoms with E-state index in [1.807, 2.05) is 24.3 Å². The topological polar surface area (TPSA) is 32.7 Å². The molecule has 1 aromatic carbocycles. The Labute approximate surface area is 107 Å². The largest absolute Gasteiger partial charge is 0.486 e. The van der Waals surface area contributed by atoms with E-state index in [1.54, 1.807) is 0 Å². The molecule has 1 aromatic rings. The highest BCUT2D eigenvalue weighted by Crippen LogP contribution is 2.48. The molecule has 3 nitrogen and oxygen atoms in total. The fourth-order valence-corrected chi connectivity index (χ4v) is 3.97. The standard InChI is InChI=1S/C15H19NO2/c17-13-9-15(6-8-16-7-5-11(15)10-16)18-14-4-2-1-3-12(13)14/h1-4,11,13,17H,5-10H2. The molecule has 3 aliphatic rings. The highest BCUT2D eigenvalue weighted by atomic mass is 16.5. The molecule has 3 aliphatic heterocycles. The number of para-hydroxylation sites is 1. The fourth-order valence-electron chi connectivity index (χ4n) is 3.97. The van der Waals surface area contributed by atoms with Crippen molar-refractivity contribution in [3.8, 4) is 5.75 Å². The summed E-state index contributed by atoms with van der Waals surface area (Å²) < 4.78 is 6.37. The highest BCUT2D eigenvalue weighted by Gasteiger charge is 2.51. The first kappa shape index (κ1) is 10.8. The minimum atomic E-state index is -0.359. The van der Waals surface area contributed by atoms with Crippen LogP contribution in [0.25, 0.3) is 0 Å². The third-order valence-electron chi connectivity index (χ3n) is 5.00. The molecule has 2 bridgehead atoms. The lowest BCUT2D eigenvalue weighted by molar-refractivity contribution is -0.0736. The smallest absolute Gasteiger partial charge is 0.125 e. The van der Waals surface area contributed by atoms with Crippen molar-refractivity contribution >= 4 is 0 Å². The van der Waals surface area contributed by atoms with Crippen LogP contribution in [-0.4, -0.2) is 35.2 Å². The minimum absolute atomic E-state index is 0.110. The van der Waals surface area contributed by atoms with Gasteiger partial charge in [0.15, 0.2) is 0 Å². The molecule has 0 radical (unpaired) electrons. The van der Waals surface area contributed by atoms with Gasteiger partial charge in [0, 0.05) is 37.4 Å². The van der Waals surface area contributed by atoms with Gasteiger partial charge in [0.05, 0.1) is 6.10 Å². The van der Waals surface area contributed by atoms with E-state index >= 15 is 0 Å². The molecule has 2 fully saturated rings. The Bertz CT molecular complexity index is 475. The molecule has 0 aromatic heterocycles. The second-order valence-corrected chi connectivity index (χ2v) is 5.96. The Morgan fingerprint density at radius 1 is 1.28 bits per heavy atom. The lowest BCUT2D eigenvalue weighted by atomic mass is 9.75.